The van der Waals surface area contributed by atoms with Crippen LogP contribution in [-0.4, -0.2) is 43.7 Å². The molecule has 0 atom stereocenters. The van der Waals surface area contributed by atoms with E-state index >= 15 is 0 Å². The molecule has 2 aromatic carbocycles. The third-order valence-electron chi connectivity index (χ3n) is 5.04. The van der Waals surface area contributed by atoms with Gasteiger partial charge in [-0.3, -0.25) is 19.3 Å². The molecule has 9 heteroatoms. The Balaban J connectivity index is 1.21. The highest BCUT2D eigenvalue weighted by molar-refractivity contribution is 6.22. The monoisotopic (exact) mass is 439 g/mol. The summed E-state index contributed by atoms with van der Waals surface area (Å²) in [5.74, 6) is 0.131. The molecule has 0 bridgehead atoms. The number of rotatable bonds is 6. The summed E-state index contributed by atoms with van der Waals surface area (Å²) in [6, 6.07) is 18.7. The van der Waals surface area contributed by atoms with Crippen LogP contribution in [0.5, 0.6) is 11.6 Å². The van der Waals surface area contributed by atoms with E-state index in [0.29, 0.717) is 34.3 Å². The van der Waals surface area contributed by atoms with E-state index in [0.717, 1.165) is 4.90 Å². The molecule has 162 valence electrons. The molecule has 4 aromatic rings. The first kappa shape index (κ1) is 20.1. The minimum Gasteiger partial charge on any atom is -0.439 e. The van der Waals surface area contributed by atoms with Gasteiger partial charge in [0.1, 0.15) is 24.4 Å². The van der Waals surface area contributed by atoms with Crippen LogP contribution in [0.2, 0.25) is 0 Å². The summed E-state index contributed by atoms with van der Waals surface area (Å²) >= 11 is 0. The molecular formula is C24H17N5O4. The molecule has 9 nitrogen and oxygen atoms in total. The first-order chi connectivity index (χ1) is 16.1. The fourth-order valence-electron chi connectivity index (χ4n) is 3.47. The lowest BCUT2D eigenvalue weighted by atomic mass is 10.1. The van der Waals surface area contributed by atoms with Crippen molar-refractivity contribution in [2.45, 2.75) is 0 Å². The number of hydrogen-bond acceptors (Lipinski definition) is 6. The molecule has 33 heavy (non-hydrogen) atoms. The number of nitrogens with one attached hydrogen (secondary N) is 1. The molecule has 0 spiro atoms. The van der Waals surface area contributed by atoms with Crippen molar-refractivity contribution in [3.05, 3.63) is 96.6 Å². The number of carbonyl (C=O) groups is 3. The molecule has 0 radical (unpaired) electrons. The van der Waals surface area contributed by atoms with E-state index in [1.54, 1.807) is 54.6 Å². The maximum Gasteiger partial charge on any atom is 0.262 e. The predicted octanol–water partition coefficient (Wildman–Crippen LogP) is 3.29. The Hall–Kier alpha value is -4.79. The number of carbonyl (C=O) groups excluding carboxylic acids is 3. The lowest BCUT2D eigenvalue weighted by Gasteiger charge is -2.14. The van der Waals surface area contributed by atoms with E-state index in [-0.39, 0.29) is 6.54 Å². The molecule has 0 saturated heterocycles. The topological polar surface area (TPSA) is 106 Å². The normalized spacial score (nSPS) is 12.5. The molecule has 2 aromatic heterocycles. The summed E-state index contributed by atoms with van der Waals surface area (Å²) in [6.45, 7) is -0.367. The van der Waals surface area contributed by atoms with Crippen molar-refractivity contribution in [2.24, 2.45) is 0 Å². The van der Waals surface area contributed by atoms with Gasteiger partial charge in [-0.2, -0.15) is 0 Å². The van der Waals surface area contributed by atoms with Gasteiger partial charge in [-0.15, -0.1) is 0 Å². The van der Waals surface area contributed by atoms with Crippen LogP contribution < -0.4 is 10.1 Å². The maximum absolute atomic E-state index is 12.4. The van der Waals surface area contributed by atoms with E-state index in [9.17, 15) is 14.4 Å². The third-order valence-corrected chi connectivity index (χ3v) is 5.04. The number of amides is 3. The average molecular weight is 439 g/mol. The molecule has 0 aliphatic carbocycles. The van der Waals surface area contributed by atoms with Crippen molar-refractivity contribution < 1.29 is 19.1 Å². The van der Waals surface area contributed by atoms with Crippen LogP contribution in [0.15, 0.2) is 85.5 Å². The lowest BCUT2D eigenvalue weighted by Crippen LogP contribution is -2.37. The Labute approximate surface area is 188 Å². The van der Waals surface area contributed by atoms with Crippen molar-refractivity contribution >= 4 is 23.4 Å². The van der Waals surface area contributed by atoms with Gasteiger partial charge in [0.2, 0.25) is 11.8 Å². The molecule has 0 saturated carbocycles. The molecule has 1 aliphatic rings. The fourth-order valence-corrected chi connectivity index (χ4v) is 3.47. The first-order valence-electron chi connectivity index (χ1n) is 10.1. The fraction of sp³-hybridized carbons (Fsp3) is 0.0417. The Bertz CT molecular complexity index is 1310. The smallest absolute Gasteiger partial charge is 0.262 e. The Kier molecular flexibility index (Phi) is 5.12. The number of ether oxygens (including phenoxy) is 1. The van der Waals surface area contributed by atoms with Crippen molar-refractivity contribution in [3.63, 3.8) is 0 Å². The van der Waals surface area contributed by atoms with Gasteiger partial charge in [-0.1, -0.05) is 12.1 Å². The van der Waals surface area contributed by atoms with Crippen LogP contribution >= 0.6 is 0 Å². The zero-order chi connectivity index (χ0) is 22.8. The van der Waals surface area contributed by atoms with Crippen LogP contribution in [0.3, 0.4) is 0 Å². The molecule has 5 rings (SSSR count). The molecule has 1 N–H and O–H groups in total. The number of nitrogens with zero attached hydrogens (tertiary/aromatic N) is 4. The van der Waals surface area contributed by atoms with Crippen LogP contribution in [-0.2, 0) is 4.79 Å². The minimum atomic E-state index is -0.481. The molecule has 0 fully saturated rings. The Morgan fingerprint density at radius 1 is 0.879 bits per heavy atom. The summed E-state index contributed by atoms with van der Waals surface area (Å²) in [7, 11) is 0. The number of hydrogen-bond donors (Lipinski definition) is 1. The van der Waals surface area contributed by atoms with Gasteiger partial charge < -0.3 is 14.6 Å². The maximum atomic E-state index is 12.4. The lowest BCUT2D eigenvalue weighted by molar-refractivity contribution is -0.116. The highest BCUT2D eigenvalue weighted by Crippen LogP contribution is 2.24. The van der Waals surface area contributed by atoms with Crippen LogP contribution in [0, 0.1) is 0 Å². The first-order valence-corrected chi connectivity index (χ1v) is 10.1. The summed E-state index contributed by atoms with van der Waals surface area (Å²) < 4.78 is 7.61. The minimum absolute atomic E-state index is 0.307. The van der Waals surface area contributed by atoms with Gasteiger partial charge in [0.05, 0.1) is 11.1 Å². The standard InChI is InChI=1S/C24H17N5O4/c30-21(14-29-23(31)18-5-1-2-6-19(18)24(29)32)27-16-7-9-17(10-8-16)33-22-13-20(25-15-26-22)28-11-3-4-12-28/h1-13,15H,14H2,(H,27,30). The molecular weight excluding hydrogens is 422 g/mol. The third kappa shape index (κ3) is 4.07. The summed E-state index contributed by atoms with van der Waals surface area (Å²) in [5.41, 5.74) is 1.11. The summed E-state index contributed by atoms with van der Waals surface area (Å²) in [5, 5.41) is 2.69. The van der Waals surface area contributed by atoms with Crippen molar-refractivity contribution in [1.29, 1.82) is 0 Å². The van der Waals surface area contributed by atoms with Crippen LogP contribution in [0.1, 0.15) is 20.7 Å². The average Bonchev–Trinajstić information content (AvgIpc) is 3.45. The summed E-state index contributed by atoms with van der Waals surface area (Å²) in [4.78, 5) is 46.5. The van der Waals surface area contributed by atoms with E-state index in [1.165, 1.54) is 6.33 Å². The highest BCUT2D eigenvalue weighted by Gasteiger charge is 2.36. The van der Waals surface area contributed by atoms with E-state index in [4.69, 9.17) is 4.74 Å². The van der Waals surface area contributed by atoms with Crippen molar-refractivity contribution in [1.82, 2.24) is 19.4 Å². The van der Waals surface area contributed by atoms with Gasteiger partial charge >= 0.3 is 0 Å². The second-order valence-corrected chi connectivity index (χ2v) is 7.22. The van der Waals surface area contributed by atoms with Gasteiger partial charge in [-0.25, -0.2) is 9.97 Å². The quantitative estimate of drug-likeness (QED) is 0.462. The second-order valence-electron chi connectivity index (χ2n) is 7.22. The summed E-state index contributed by atoms with van der Waals surface area (Å²) in [6.07, 6.45) is 5.15. The Morgan fingerprint density at radius 2 is 1.55 bits per heavy atom. The van der Waals surface area contributed by atoms with Crippen LogP contribution in [0.25, 0.3) is 5.82 Å². The molecule has 3 heterocycles. The highest BCUT2D eigenvalue weighted by atomic mass is 16.5. The van der Waals surface area contributed by atoms with E-state index in [2.05, 4.69) is 15.3 Å². The molecule has 3 amide bonds. The largest absolute Gasteiger partial charge is 0.439 e. The van der Waals surface area contributed by atoms with Gasteiger partial charge in [-0.05, 0) is 48.5 Å². The van der Waals surface area contributed by atoms with Gasteiger partial charge in [0.15, 0.2) is 0 Å². The number of fused-ring (bicyclic) bond motifs is 1. The van der Waals surface area contributed by atoms with Crippen LogP contribution in [0.4, 0.5) is 5.69 Å². The number of anilines is 1. The zero-order valence-corrected chi connectivity index (χ0v) is 17.2. The number of aromatic nitrogens is 3. The SMILES string of the molecule is O=C(CN1C(=O)c2ccccc2C1=O)Nc1ccc(Oc2cc(-n3cccc3)ncn2)cc1. The Morgan fingerprint density at radius 3 is 2.21 bits per heavy atom. The van der Waals surface area contributed by atoms with E-state index < -0.39 is 17.7 Å². The number of benzene rings is 2. The predicted molar refractivity (Wildman–Crippen MR) is 118 cm³/mol. The van der Waals surface area contributed by atoms with E-state index in [1.807, 2.05) is 29.1 Å². The second kappa shape index (κ2) is 8.39. The van der Waals surface area contributed by atoms with Gasteiger partial charge in [0.25, 0.3) is 11.8 Å². The van der Waals surface area contributed by atoms with Crippen molar-refractivity contribution in [3.8, 4) is 17.4 Å². The molecule has 1 aliphatic heterocycles. The van der Waals surface area contributed by atoms with Gasteiger partial charge in [0, 0.05) is 24.1 Å². The number of imide groups is 1. The van der Waals surface area contributed by atoms with Crippen molar-refractivity contribution in [2.75, 3.05) is 11.9 Å². The zero-order valence-electron chi connectivity index (χ0n) is 17.2. The molecule has 0 unspecified atom stereocenters.